The minimum Gasteiger partial charge on any atom is -0.497 e. The molecule has 3 aromatic rings. The Hall–Kier alpha value is -2.29. The number of aryl methyl sites for hydroxylation is 1. The molecule has 2 heterocycles. The Morgan fingerprint density at radius 1 is 1.21 bits per heavy atom. The lowest BCUT2D eigenvalue weighted by molar-refractivity contribution is -0.671. The Labute approximate surface area is 112 Å². The molecule has 0 aliphatic carbocycles. The second-order valence-corrected chi connectivity index (χ2v) is 4.75. The van der Waals surface area contributed by atoms with Crippen LogP contribution in [-0.4, -0.2) is 11.7 Å². The minimum atomic E-state index is 0.879. The molecule has 0 spiro atoms. The van der Waals surface area contributed by atoms with Crippen LogP contribution in [0.15, 0.2) is 55.0 Å². The standard InChI is InChI=1S/C16H17N2O/c1-17-8-3-4-13(11-17)12-18-9-7-14-10-15(19-2)5-6-16(14)18/h3-11H,12H2,1-2H3/q+1. The number of ether oxygens (including phenoxy) is 1. The molecule has 3 rings (SSSR count). The van der Waals surface area contributed by atoms with E-state index in [1.807, 2.05) is 19.3 Å². The highest BCUT2D eigenvalue weighted by atomic mass is 16.5. The van der Waals surface area contributed by atoms with Gasteiger partial charge in [-0.1, -0.05) is 0 Å². The summed E-state index contributed by atoms with van der Waals surface area (Å²) >= 11 is 0. The molecule has 19 heavy (non-hydrogen) atoms. The first-order chi connectivity index (χ1) is 9.26. The van der Waals surface area contributed by atoms with Crippen molar-refractivity contribution >= 4 is 10.9 Å². The van der Waals surface area contributed by atoms with E-state index in [1.165, 1.54) is 16.5 Å². The molecule has 0 amide bonds. The van der Waals surface area contributed by atoms with E-state index < -0.39 is 0 Å². The number of pyridine rings is 1. The number of hydrogen-bond acceptors (Lipinski definition) is 1. The number of hydrogen-bond donors (Lipinski definition) is 0. The van der Waals surface area contributed by atoms with Gasteiger partial charge < -0.3 is 9.30 Å². The second-order valence-electron chi connectivity index (χ2n) is 4.75. The first-order valence-corrected chi connectivity index (χ1v) is 6.33. The number of methoxy groups -OCH3 is 1. The first kappa shape index (κ1) is 11.8. The lowest BCUT2D eigenvalue weighted by atomic mass is 10.2. The van der Waals surface area contributed by atoms with E-state index in [4.69, 9.17) is 4.74 Å². The fourth-order valence-corrected chi connectivity index (χ4v) is 2.38. The molecule has 2 aromatic heterocycles. The average Bonchev–Trinajstić information content (AvgIpc) is 2.81. The second kappa shape index (κ2) is 4.76. The van der Waals surface area contributed by atoms with Crippen molar-refractivity contribution in [3.8, 4) is 5.75 Å². The van der Waals surface area contributed by atoms with Gasteiger partial charge in [-0.15, -0.1) is 0 Å². The fraction of sp³-hybridized carbons (Fsp3) is 0.188. The Morgan fingerprint density at radius 3 is 2.89 bits per heavy atom. The number of aromatic nitrogens is 2. The zero-order valence-electron chi connectivity index (χ0n) is 11.2. The summed E-state index contributed by atoms with van der Waals surface area (Å²) < 4.78 is 9.58. The van der Waals surface area contributed by atoms with Gasteiger partial charge in [-0.05, 0) is 30.3 Å². The highest BCUT2D eigenvalue weighted by molar-refractivity contribution is 5.81. The predicted molar refractivity (Wildman–Crippen MR) is 75.2 cm³/mol. The van der Waals surface area contributed by atoms with Crippen LogP contribution >= 0.6 is 0 Å². The van der Waals surface area contributed by atoms with E-state index in [9.17, 15) is 0 Å². The largest absolute Gasteiger partial charge is 0.497 e. The molecule has 0 saturated carbocycles. The Bertz CT molecular complexity index is 716. The molecule has 0 N–H and O–H groups in total. The van der Waals surface area contributed by atoms with Gasteiger partial charge >= 0.3 is 0 Å². The molecule has 1 aromatic carbocycles. The van der Waals surface area contributed by atoms with Crippen molar-refractivity contribution in [2.24, 2.45) is 7.05 Å². The van der Waals surface area contributed by atoms with Gasteiger partial charge in [0.2, 0.25) is 0 Å². The summed E-state index contributed by atoms with van der Waals surface area (Å²) in [6.07, 6.45) is 6.31. The van der Waals surface area contributed by atoms with E-state index in [0.29, 0.717) is 0 Å². The Morgan fingerprint density at radius 2 is 2.11 bits per heavy atom. The maximum atomic E-state index is 5.25. The number of fused-ring (bicyclic) bond motifs is 1. The van der Waals surface area contributed by atoms with Gasteiger partial charge in [-0.25, -0.2) is 4.57 Å². The zero-order valence-corrected chi connectivity index (χ0v) is 11.2. The molecule has 0 atom stereocenters. The molecular formula is C16H17N2O+. The third kappa shape index (κ3) is 2.32. The lowest BCUT2D eigenvalue weighted by Gasteiger charge is -2.05. The molecule has 96 valence electrons. The summed E-state index contributed by atoms with van der Waals surface area (Å²) in [6.45, 7) is 0.879. The van der Waals surface area contributed by atoms with Crippen LogP contribution in [0.25, 0.3) is 10.9 Å². The van der Waals surface area contributed by atoms with Crippen LogP contribution < -0.4 is 9.30 Å². The topological polar surface area (TPSA) is 18.0 Å². The third-order valence-electron chi connectivity index (χ3n) is 3.33. The van der Waals surface area contributed by atoms with Gasteiger partial charge in [-0.3, -0.25) is 0 Å². The van der Waals surface area contributed by atoms with E-state index in [2.05, 4.69) is 51.9 Å². The van der Waals surface area contributed by atoms with Gasteiger partial charge in [0.1, 0.15) is 12.8 Å². The number of rotatable bonds is 3. The van der Waals surface area contributed by atoms with Crippen LogP contribution in [-0.2, 0) is 13.6 Å². The number of benzene rings is 1. The maximum Gasteiger partial charge on any atom is 0.173 e. The smallest absolute Gasteiger partial charge is 0.173 e. The van der Waals surface area contributed by atoms with Crippen molar-refractivity contribution in [1.82, 2.24) is 4.57 Å². The third-order valence-corrected chi connectivity index (χ3v) is 3.33. The SMILES string of the molecule is COc1ccc2c(ccn2Cc2ccc[n+](C)c2)c1. The molecular weight excluding hydrogens is 236 g/mol. The summed E-state index contributed by atoms with van der Waals surface area (Å²) in [7, 11) is 3.74. The van der Waals surface area contributed by atoms with Crippen molar-refractivity contribution in [3.63, 3.8) is 0 Å². The van der Waals surface area contributed by atoms with E-state index in [1.54, 1.807) is 7.11 Å². The summed E-state index contributed by atoms with van der Waals surface area (Å²) in [5, 5.41) is 1.21. The van der Waals surface area contributed by atoms with Crippen molar-refractivity contribution < 1.29 is 9.30 Å². The first-order valence-electron chi connectivity index (χ1n) is 6.33. The summed E-state index contributed by atoms with van der Waals surface area (Å²) in [4.78, 5) is 0. The van der Waals surface area contributed by atoms with Crippen molar-refractivity contribution in [2.45, 2.75) is 6.54 Å². The Kier molecular flexibility index (Phi) is 2.95. The minimum absolute atomic E-state index is 0.879. The van der Waals surface area contributed by atoms with Gasteiger partial charge in [0.25, 0.3) is 0 Å². The molecule has 3 heteroatoms. The molecule has 0 fully saturated rings. The van der Waals surface area contributed by atoms with E-state index in [-0.39, 0.29) is 0 Å². The molecule has 0 radical (unpaired) electrons. The molecule has 0 unspecified atom stereocenters. The number of nitrogens with zero attached hydrogens (tertiary/aromatic N) is 2. The molecule has 0 aliphatic rings. The summed E-state index contributed by atoms with van der Waals surface area (Å²) in [5.74, 6) is 0.899. The van der Waals surface area contributed by atoms with Gasteiger partial charge in [0.15, 0.2) is 12.4 Å². The molecule has 0 aliphatic heterocycles. The van der Waals surface area contributed by atoms with Crippen LogP contribution in [0, 0.1) is 0 Å². The fourth-order valence-electron chi connectivity index (χ4n) is 2.38. The van der Waals surface area contributed by atoms with Crippen LogP contribution in [0.4, 0.5) is 0 Å². The van der Waals surface area contributed by atoms with Crippen LogP contribution in [0.5, 0.6) is 5.75 Å². The van der Waals surface area contributed by atoms with Crippen LogP contribution in [0.1, 0.15) is 5.56 Å². The normalized spacial score (nSPS) is 10.8. The summed E-state index contributed by atoms with van der Waals surface area (Å²) in [6, 6.07) is 12.5. The Balaban J connectivity index is 1.97. The predicted octanol–water partition coefficient (Wildman–Crippen LogP) is 2.52. The molecule has 0 bridgehead atoms. The van der Waals surface area contributed by atoms with Crippen molar-refractivity contribution in [3.05, 3.63) is 60.6 Å². The van der Waals surface area contributed by atoms with Crippen LogP contribution in [0.2, 0.25) is 0 Å². The van der Waals surface area contributed by atoms with Gasteiger partial charge in [0.05, 0.1) is 13.7 Å². The maximum absolute atomic E-state index is 5.25. The monoisotopic (exact) mass is 253 g/mol. The molecule has 3 nitrogen and oxygen atoms in total. The van der Waals surface area contributed by atoms with Gasteiger partial charge in [0, 0.05) is 28.7 Å². The highest BCUT2D eigenvalue weighted by Gasteiger charge is 2.05. The zero-order chi connectivity index (χ0) is 13.2. The van der Waals surface area contributed by atoms with Crippen LogP contribution in [0.3, 0.4) is 0 Å². The highest BCUT2D eigenvalue weighted by Crippen LogP contribution is 2.22. The average molecular weight is 253 g/mol. The lowest BCUT2D eigenvalue weighted by Crippen LogP contribution is -2.27. The molecule has 0 saturated heterocycles. The van der Waals surface area contributed by atoms with Gasteiger partial charge in [-0.2, -0.15) is 0 Å². The summed E-state index contributed by atoms with van der Waals surface area (Å²) in [5.41, 5.74) is 2.52. The quantitative estimate of drug-likeness (QED) is 0.656. The van der Waals surface area contributed by atoms with Crippen molar-refractivity contribution in [1.29, 1.82) is 0 Å². The van der Waals surface area contributed by atoms with Crippen molar-refractivity contribution in [2.75, 3.05) is 7.11 Å². The van der Waals surface area contributed by atoms with E-state index in [0.717, 1.165) is 12.3 Å². The van der Waals surface area contributed by atoms with E-state index >= 15 is 0 Å².